The van der Waals surface area contributed by atoms with Gasteiger partial charge < -0.3 is 4.90 Å². The molecule has 0 saturated carbocycles. The van der Waals surface area contributed by atoms with E-state index in [9.17, 15) is 4.79 Å². The lowest BCUT2D eigenvalue weighted by Crippen LogP contribution is -2.29. The zero-order valence-electron chi connectivity index (χ0n) is 8.62. The lowest BCUT2D eigenvalue weighted by Gasteiger charge is -2.28. The average Bonchev–Trinajstić information content (AvgIpc) is 2.08. The molecule has 1 rings (SSSR count). The number of carbonyl (C=O) groups excluding carboxylic acids is 1. The predicted octanol–water partition coefficient (Wildman–Crippen LogP) is 1.86. The molecule has 0 radical (unpaired) electrons. The maximum absolute atomic E-state index is 10.6. The van der Waals surface area contributed by atoms with Crippen molar-refractivity contribution in [2.24, 2.45) is 5.92 Å². The van der Waals surface area contributed by atoms with Gasteiger partial charge >= 0.3 is 0 Å². The summed E-state index contributed by atoms with van der Waals surface area (Å²) in [6, 6.07) is 0. The van der Waals surface area contributed by atoms with Crippen molar-refractivity contribution in [1.82, 2.24) is 4.90 Å². The smallest absolute Gasteiger partial charge is 0.152 e. The summed E-state index contributed by atoms with van der Waals surface area (Å²) in [5, 5.41) is 0. The zero-order valence-corrected chi connectivity index (χ0v) is 8.62. The van der Waals surface area contributed by atoms with Crippen molar-refractivity contribution in [3.05, 3.63) is 12.2 Å². The third-order valence-corrected chi connectivity index (χ3v) is 2.66. The lowest BCUT2D eigenvalue weighted by molar-refractivity contribution is -0.112. The quantitative estimate of drug-likeness (QED) is 0.619. The highest BCUT2D eigenvalue weighted by molar-refractivity contribution is 5.87. The molecule has 1 aliphatic heterocycles. The van der Waals surface area contributed by atoms with Gasteiger partial charge in [-0.25, -0.2) is 0 Å². The van der Waals surface area contributed by atoms with Gasteiger partial charge in [0.1, 0.15) is 0 Å². The molecule has 0 aromatic carbocycles. The van der Waals surface area contributed by atoms with Crippen molar-refractivity contribution in [1.29, 1.82) is 0 Å². The Morgan fingerprint density at radius 3 is 2.62 bits per heavy atom. The fourth-order valence-corrected chi connectivity index (χ4v) is 1.72. The van der Waals surface area contributed by atoms with Gasteiger partial charge in [-0.2, -0.15) is 0 Å². The van der Waals surface area contributed by atoms with E-state index in [0.29, 0.717) is 0 Å². The maximum atomic E-state index is 10.6. The molecule has 1 aliphatic rings. The van der Waals surface area contributed by atoms with Crippen LogP contribution in [-0.4, -0.2) is 30.8 Å². The number of ketones is 1. The third-order valence-electron chi connectivity index (χ3n) is 2.66. The monoisotopic (exact) mass is 181 g/mol. The van der Waals surface area contributed by atoms with Crippen LogP contribution in [0.3, 0.4) is 0 Å². The van der Waals surface area contributed by atoms with E-state index in [1.807, 2.05) is 6.08 Å². The molecule has 1 heterocycles. The van der Waals surface area contributed by atoms with Gasteiger partial charge in [0.15, 0.2) is 5.78 Å². The molecule has 0 amide bonds. The van der Waals surface area contributed by atoms with Gasteiger partial charge in [-0.1, -0.05) is 6.08 Å². The van der Waals surface area contributed by atoms with Gasteiger partial charge in [0.25, 0.3) is 0 Å². The highest BCUT2D eigenvalue weighted by Gasteiger charge is 2.14. The maximum Gasteiger partial charge on any atom is 0.152 e. The Morgan fingerprint density at radius 1 is 1.46 bits per heavy atom. The average molecular weight is 181 g/mol. The summed E-state index contributed by atoms with van der Waals surface area (Å²) >= 11 is 0. The van der Waals surface area contributed by atoms with E-state index in [0.717, 1.165) is 12.3 Å². The van der Waals surface area contributed by atoms with Crippen LogP contribution in [0.5, 0.6) is 0 Å². The van der Waals surface area contributed by atoms with Crippen LogP contribution >= 0.6 is 0 Å². The fraction of sp³-hybridized carbons (Fsp3) is 0.727. The molecule has 0 atom stereocenters. The second-order valence-electron chi connectivity index (χ2n) is 4.00. The molecule has 0 aromatic heterocycles. The number of hydrogen-bond acceptors (Lipinski definition) is 2. The molecule has 0 aliphatic carbocycles. The summed E-state index contributed by atoms with van der Waals surface area (Å²) in [5.41, 5.74) is 0. The summed E-state index contributed by atoms with van der Waals surface area (Å²) < 4.78 is 0. The minimum atomic E-state index is 0.160. The Kier molecular flexibility index (Phi) is 4.16. The van der Waals surface area contributed by atoms with Crippen LogP contribution in [0.1, 0.15) is 26.2 Å². The van der Waals surface area contributed by atoms with E-state index in [4.69, 9.17) is 0 Å². The van der Waals surface area contributed by atoms with E-state index in [-0.39, 0.29) is 5.78 Å². The standard InChI is InChI=1S/C11H19NO/c1-10(13)4-3-5-11-6-8-12(2)9-7-11/h3-4,11H,5-9H2,1-2H3. The summed E-state index contributed by atoms with van der Waals surface area (Å²) in [7, 11) is 2.17. The van der Waals surface area contributed by atoms with E-state index < -0.39 is 0 Å². The zero-order chi connectivity index (χ0) is 9.68. The Hall–Kier alpha value is -0.630. The van der Waals surface area contributed by atoms with Crippen molar-refractivity contribution in [2.45, 2.75) is 26.2 Å². The van der Waals surface area contributed by atoms with Crippen molar-refractivity contribution in [3.8, 4) is 0 Å². The van der Waals surface area contributed by atoms with Gasteiger partial charge in [0, 0.05) is 0 Å². The Balaban J connectivity index is 2.19. The molecule has 74 valence electrons. The SMILES string of the molecule is CC(=O)C=CCC1CCN(C)CC1. The molecule has 0 spiro atoms. The van der Waals surface area contributed by atoms with Crippen LogP contribution in [0.4, 0.5) is 0 Å². The third kappa shape index (κ3) is 4.23. The summed E-state index contributed by atoms with van der Waals surface area (Å²) in [4.78, 5) is 13.0. The van der Waals surface area contributed by atoms with Crippen LogP contribution in [0, 0.1) is 5.92 Å². The Bertz CT molecular complexity index is 190. The molecule has 1 saturated heterocycles. The van der Waals surface area contributed by atoms with Gasteiger partial charge in [-0.15, -0.1) is 0 Å². The number of carbonyl (C=O) groups is 1. The second kappa shape index (κ2) is 5.18. The summed E-state index contributed by atoms with van der Waals surface area (Å²) in [6.07, 6.45) is 7.35. The molecule has 1 fully saturated rings. The fourth-order valence-electron chi connectivity index (χ4n) is 1.72. The number of allylic oxidation sites excluding steroid dienone is 2. The molecule has 13 heavy (non-hydrogen) atoms. The molecular formula is C11H19NO. The van der Waals surface area contributed by atoms with E-state index in [1.54, 1.807) is 13.0 Å². The van der Waals surface area contributed by atoms with Crippen LogP contribution in [0.25, 0.3) is 0 Å². The number of piperidine rings is 1. The van der Waals surface area contributed by atoms with Crippen LogP contribution in [-0.2, 0) is 4.79 Å². The van der Waals surface area contributed by atoms with Crippen LogP contribution in [0.15, 0.2) is 12.2 Å². The van der Waals surface area contributed by atoms with Crippen molar-refractivity contribution < 1.29 is 4.79 Å². The highest BCUT2D eigenvalue weighted by Crippen LogP contribution is 2.19. The molecule has 0 aromatic rings. The molecular weight excluding hydrogens is 162 g/mol. The molecule has 0 unspecified atom stereocenters. The second-order valence-corrected chi connectivity index (χ2v) is 4.00. The first-order valence-electron chi connectivity index (χ1n) is 5.04. The van der Waals surface area contributed by atoms with Crippen LogP contribution in [0.2, 0.25) is 0 Å². The van der Waals surface area contributed by atoms with Gasteiger partial charge in [0.2, 0.25) is 0 Å². The number of nitrogens with zero attached hydrogens (tertiary/aromatic N) is 1. The van der Waals surface area contributed by atoms with Crippen LogP contribution < -0.4 is 0 Å². The molecule has 2 nitrogen and oxygen atoms in total. The van der Waals surface area contributed by atoms with Crippen molar-refractivity contribution in [2.75, 3.05) is 20.1 Å². The van der Waals surface area contributed by atoms with E-state index in [1.165, 1.54) is 25.9 Å². The predicted molar refractivity (Wildman–Crippen MR) is 54.7 cm³/mol. The number of hydrogen-bond donors (Lipinski definition) is 0. The Morgan fingerprint density at radius 2 is 2.08 bits per heavy atom. The lowest BCUT2D eigenvalue weighted by atomic mass is 9.94. The van der Waals surface area contributed by atoms with Crippen molar-refractivity contribution in [3.63, 3.8) is 0 Å². The first-order chi connectivity index (χ1) is 6.18. The largest absolute Gasteiger partial charge is 0.306 e. The number of likely N-dealkylation sites (tertiary alicyclic amines) is 1. The van der Waals surface area contributed by atoms with Gasteiger partial charge in [-0.3, -0.25) is 4.79 Å². The van der Waals surface area contributed by atoms with E-state index >= 15 is 0 Å². The first kappa shape index (κ1) is 10.5. The van der Waals surface area contributed by atoms with Gasteiger partial charge in [-0.05, 0) is 58.3 Å². The summed E-state index contributed by atoms with van der Waals surface area (Å²) in [6.45, 7) is 4.02. The molecule has 0 bridgehead atoms. The van der Waals surface area contributed by atoms with E-state index in [2.05, 4.69) is 11.9 Å². The first-order valence-corrected chi connectivity index (χ1v) is 5.04. The van der Waals surface area contributed by atoms with Crippen molar-refractivity contribution >= 4 is 5.78 Å². The topological polar surface area (TPSA) is 20.3 Å². The normalized spacial score (nSPS) is 21.1. The minimum absolute atomic E-state index is 0.160. The summed E-state index contributed by atoms with van der Waals surface area (Å²) in [5.74, 6) is 0.958. The molecule has 2 heteroatoms. The minimum Gasteiger partial charge on any atom is -0.306 e. The number of rotatable bonds is 3. The van der Waals surface area contributed by atoms with Gasteiger partial charge in [0.05, 0.1) is 0 Å². The Labute approximate surface area is 80.6 Å². The molecule has 0 N–H and O–H groups in total. The highest BCUT2D eigenvalue weighted by atomic mass is 16.1.